The molecule has 4 heteroatoms. The quantitative estimate of drug-likeness (QED) is 0.847. The maximum absolute atomic E-state index is 12.0. The van der Waals surface area contributed by atoms with Crippen molar-refractivity contribution in [3.63, 3.8) is 0 Å². The van der Waals surface area contributed by atoms with Crippen LogP contribution < -0.4 is 5.32 Å². The zero-order chi connectivity index (χ0) is 16.1. The van der Waals surface area contributed by atoms with Crippen molar-refractivity contribution in [2.75, 3.05) is 6.54 Å². The van der Waals surface area contributed by atoms with E-state index in [2.05, 4.69) is 43.6 Å². The Morgan fingerprint density at radius 3 is 2.55 bits per heavy atom. The van der Waals surface area contributed by atoms with Gasteiger partial charge in [-0.2, -0.15) is 0 Å². The van der Waals surface area contributed by atoms with Crippen molar-refractivity contribution in [3.05, 3.63) is 30.1 Å². The molecule has 1 N–H and O–H groups in total. The van der Waals surface area contributed by atoms with Gasteiger partial charge in [-0.15, -0.1) is 0 Å². The number of aromatic nitrogens is 2. The maximum atomic E-state index is 12.0. The first-order chi connectivity index (χ1) is 10.6. The van der Waals surface area contributed by atoms with Gasteiger partial charge >= 0.3 is 0 Å². The number of imidazole rings is 1. The minimum atomic E-state index is 0.129. The third kappa shape index (κ3) is 3.49. The van der Waals surface area contributed by atoms with Crippen LogP contribution in [-0.4, -0.2) is 22.0 Å². The Balaban J connectivity index is 2.08. The summed E-state index contributed by atoms with van der Waals surface area (Å²) in [6.07, 6.45) is 2.55. The van der Waals surface area contributed by atoms with Gasteiger partial charge in [-0.05, 0) is 38.8 Å². The first-order valence-corrected chi connectivity index (χ1v) is 8.32. The lowest BCUT2D eigenvalue weighted by molar-refractivity contribution is -0.125. The Morgan fingerprint density at radius 1 is 1.23 bits per heavy atom. The van der Waals surface area contributed by atoms with Crippen molar-refractivity contribution in [2.45, 2.75) is 53.0 Å². The molecule has 1 aromatic heterocycles. The van der Waals surface area contributed by atoms with Crippen LogP contribution in [0.2, 0.25) is 0 Å². The molecule has 0 aliphatic carbocycles. The summed E-state index contributed by atoms with van der Waals surface area (Å²) in [5, 5.41) is 3.05. The van der Waals surface area contributed by atoms with Crippen LogP contribution in [0.25, 0.3) is 11.0 Å². The van der Waals surface area contributed by atoms with E-state index in [1.54, 1.807) is 0 Å². The third-order valence-electron chi connectivity index (χ3n) is 4.19. The normalized spacial score (nSPS) is 11.5. The van der Waals surface area contributed by atoms with Crippen LogP contribution >= 0.6 is 0 Å². The fourth-order valence-electron chi connectivity index (χ4n) is 2.95. The monoisotopic (exact) mass is 301 g/mol. The zero-order valence-corrected chi connectivity index (χ0v) is 14.1. The Hall–Kier alpha value is -1.84. The minimum Gasteiger partial charge on any atom is -0.355 e. The van der Waals surface area contributed by atoms with Crippen LogP contribution in [0.5, 0.6) is 0 Å². The van der Waals surface area contributed by atoms with E-state index in [0.717, 1.165) is 30.6 Å². The number of hydrogen-bond donors (Lipinski definition) is 1. The summed E-state index contributed by atoms with van der Waals surface area (Å²) in [6.45, 7) is 9.10. The van der Waals surface area contributed by atoms with Crippen LogP contribution in [0.3, 0.4) is 0 Å². The average molecular weight is 301 g/mol. The van der Waals surface area contributed by atoms with Crippen LogP contribution in [-0.2, 0) is 11.2 Å². The number of nitrogens with zero attached hydrogens (tertiary/aromatic N) is 2. The Labute approximate surface area is 132 Å². The highest BCUT2D eigenvalue weighted by Gasteiger charge is 2.15. The molecule has 120 valence electrons. The topological polar surface area (TPSA) is 46.9 Å². The maximum Gasteiger partial charge on any atom is 0.223 e. The van der Waals surface area contributed by atoms with Crippen molar-refractivity contribution in [1.82, 2.24) is 14.9 Å². The van der Waals surface area contributed by atoms with Crippen molar-refractivity contribution >= 4 is 16.9 Å². The molecular formula is C18H27N3O. The standard InChI is InChI=1S/C18H27N3O/c1-5-14(6-2)18(22)19-12-11-17-20-15-9-7-8-10-16(15)21(17)13(3)4/h7-10,13-14H,5-6,11-12H2,1-4H3,(H,19,22). The molecule has 1 heterocycles. The van der Waals surface area contributed by atoms with E-state index in [1.807, 2.05) is 18.2 Å². The molecule has 0 saturated heterocycles. The molecule has 1 amide bonds. The average Bonchev–Trinajstić information content (AvgIpc) is 2.86. The molecule has 4 nitrogen and oxygen atoms in total. The SMILES string of the molecule is CCC(CC)C(=O)NCCc1nc2ccccc2n1C(C)C. The van der Waals surface area contributed by atoms with Crippen LogP contribution in [0.15, 0.2) is 24.3 Å². The second kappa shape index (κ2) is 7.43. The van der Waals surface area contributed by atoms with Gasteiger partial charge in [0.15, 0.2) is 0 Å². The lowest BCUT2D eigenvalue weighted by atomic mass is 10.0. The summed E-state index contributed by atoms with van der Waals surface area (Å²) >= 11 is 0. The first-order valence-electron chi connectivity index (χ1n) is 8.32. The molecule has 2 rings (SSSR count). The smallest absolute Gasteiger partial charge is 0.223 e. The van der Waals surface area contributed by atoms with Gasteiger partial charge in [0.2, 0.25) is 5.91 Å². The second-order valence-corrected chi connectivity index (χ2v) is 6.03. The molecule has 2 aromatic rings. The Bertz CT molecular complexity index is 626. The molecule has 0 saturated carbocycles. The molecule has 0 radical (unpaired) electrons. The van der Waals surface area contributed by atoms with Gasteiger partial charge in [-0.1, -0.05) is 26.0 Å². The molecule has 0 unspecified atom stereocenters. The lowest BCUT2D eigenvalue weighted by Crippen LogP contribution is -2.32. The number of nitrogens with one attached hydrogen (secondary N) is 1. The van der Waals surface area contributed by atoms with Crippen LogP contribution in [0.4, 0.5) is 0 Å². The largest absolute Gasteiger partial charge is 0.355 e. The van der Waals surface area contributed by atoms with E-state index in [-0.39, 0.29) is 11.8 Å². The number of hydrogen-bond acceptors (Lipinski definition) is 2. The number of benzene rings is 1. The summed E-state index contributed by atoms with van der Waals surface area (Å²) < 4.78 is 2.26. The predicted octanol–water partition coefficient (Wildman–Crippen LogP) is 3.71. The molecule has 0 fully saturated rings. The number of para-hydroxylation sites is 2. The molecule has 0 spiro atoms. The molecule has 0 aliphatic rings. The summed E-state index contributed by atoms with van der Waals surface area (Å²) in [4.78, 5) is 16.8. The van der Waals surface area contributed by atoms with Crippen molar-refractivity contribution in [3.8, 4) is 0 Å². The van der Waals surface area contributed by atoms with E-state index in [4.69, 9.17) is 4.98 Å². The molecule has 0 bridgehead atoms. The predicted molar refractivity (Wildman–Crippen MR) is 90.9 cm³/mol. The van der Waals surface area contributed by atoms with Gasteiger partial charge in [0, 0.05) is 24.9 Å². The number of amides is 1. The van der Waals surface area contributed by atoms with Crippen molar-refractivity contribution < 1.29 is 4.79 Å². The van der Waals surface area contributed by atoms with E-state index in [9.17, 15) is 4.79 Å². The first kappa shape index (κ1) is 16.5. The van der Waals surface area contributed by atoms with Gasteiger partial charge in [0.05, 0.1) is 11.0 Å². The third-order valence-corrected chi connectivity index (χ3v) is 4.19. The summed E-state index contributed by atoms with van der Waals surface area (Å²) in [7, 11) is 0. The van der Waals surface area contributed by atoms with E-state index >= 15 is 0 Å². The van der Waals surface area contributed by atoms with Crippen LogP contribution in [0, 0.1) is 5.92 Å². The van der Waals surface area contributed by atoms with Gasteiger partial charge in [-0.25, -0.2) is 4.98 Å². The fourth-order valence-corrected chi connectivity index (χ4v) is 2.95. The van der Waals surface area contributed by atoms with Gasteiger partial charge in [-0.3, -0.25) is 4.79 Å². The molecule has 0 aliphatic heterocycles. The Kier molecular flexibility index (Phi) is 5.58. The van der Waals surface area contributed by atoms with Crippen LogP contribution in [0.1, 0.15) is 52.4 Å². The number of carbonyl (C=O) groups excluding carboxylic acids is 1. The van der Waals surface area contributed by atoms with Crippen molar-refractivity contribution in [1.29, 1.82) is 0 Å². The van der Waals surface area contributed by atoms with Gasteiger partial charge in [0.25, 0.3) is 0 Å². The number of carbonyl (C=O) groups is 1. The Morgan fingerprint density at radius 2 is 1.91 bits per heavy atom. The molecule has 1 aromatic carbocycles. The number of rotatable bonds is 7. The zero-order valence-electron chi connectivity index (χ0n) is 14.1. The van der Waals surface area contributed by atoms with Gasteiger partial charge in [0.1, 0.15) is 5.82 Å². The highest BCUT2D eigenvalue weighted by Crippen LogP contribution is 2.21. The van der Waals surface area contributed by atoms with Crippen molar-refractivity contribution in [2.24, 2.45) is 5.92 Å². The summed E-state index contributed by atoms with van der Waals surface area (Å²) in [5.41, 5.74) is 2.19. The van der Waals surface area contributed by atoms with E-state index < -0.39 is 0 Å². The minimum absolute atomic E-state index is 0.129. The van der Waals surface area contributed by atoms with E-state index in [0.29, 0.717) is 12.6 Å². The summed E-state index contributed by atoms with van der Waals surface area (Å²) in [6, 6.07) is 8.56. The molecular weight excluding hydrogens is 274 g/mol. The highest BCUT2D eigenvalue weighted by molar-refractivity contribution is 5.78. The van der Waals surface area contributed by atoms with E-state index in [1.165, 1.54) is 5.52 Å². The fraction of sp³-hybridized carbons (Fsp3) is 0.556. The lowest BCUT2D eigenvalue weighted by Gasteiger charge is -2.15. The molecule has 0 atom stereocenters. The highest BCUT2D eigenvalue weighted by atomic mass is 16.1. The molecule has 22 heavy (non-hydrogen) atoms. The number of fused-ring (bicyclic) bond motifs is 1. The van der Waals surface area contributed by atoms with Gasteiger partial charge < -0.3 is 9.88 Å². The summed E-state index contributed by atoms with van der Waals surface area (Å²) in [5.74, 6) is 1.34. The second-order valence-electron chi connectivity index (χ2n) is 6.03.